The van der Waals surface area contributed by atoms with Gasteiger partial charge in [-0.15, -0.1) is 0 Å². The highest BCUT2D eigenvalue weighted by Crippen LogP contribution is 2.29. The van der Waals surface area contributed by atoms with Crippen molar-refractivity contribution in [2.45, 2.75) is 24.7 Å². The van der Waals surface area contributed by atoms with E-state index in [4.69, 9.17) is 43.4 Å². The number of nitrogens with one attached hydrogen (secondary N) is 1. The van der Waals surface area contributed by atoms with Gasteiger partial charge in [0.05, 0.1) is 17.1 Å². The van der Waals surface area contributed by atoms with E-state index in [1.165, 1.54) is 44.1 Å². The normalized spacial score (nSPS) is 12.1. The number of ether oxygens (including phenoxy) is 1. The molecule has 0 radical (unpaired) electrons. The third kappa shape index (κ3) is 12.8. The van der Waals surface area contributed by atoms with Crippen molar-refractivity contribution in [2.75, 3.05) is 19.7 Å². The molecule has 3 aromatic rings. The number of halogens is 5. The predicted octanol–water partition coefficient (Wildman–Crippen LogP) is 7.56. The van der Waals surface area contributed by atoms with Gasteiger partial charge < -0.3 is 10.1 Å². The second kappa shape index (κ2) is 17.6. The Kier molecular flexibility index (Phi) is 15.8. The minimum absolute atomic E-state index is 0.100. The summed E-state index contributed by atoms with van der Waals surface area (Å²) in [6.45, 7) is 4.88. The average Bonchev–Trinajstić information content (AvgIpc) is 3.44. The lowest BCUT2D eigenvalue weighted by atomic mass is 10.0. The van der Waals surface area contributed by atoms with Crippen molar-refractivity contribution < 1.29 is 27.5 Å². The smallest absolute Gasteiger partial charge is 0.313 e. The molecule has 1 N–H and O–H groups in total. The summed E-state index contributed by atoms with van der Waals surface area (Å²) in [4.78, 5) is 30.9. The first-order chi connectivity index (χ1) is 17.9. The Bertz CT molecular complexity index is 1340. The Morgan fingerprint density at radius 3 is 1.95 bits per heavy atom. The molecule has 1 aliphatic rings. The van der Waals surface area contributed by atoms with Gasteiger partial charge >= 0.3 is 4.70 Å². The van der Waals surface area contributed by atoms with Crippen molar-refractivity contribution in [3.05, 3.63) is 71.8 Å². The summed E-state index contributed by atoms with van der Waals surface area (Å²) in [6, 6.07) is 16.5. The lowest BCUT2D eigenvalue weighted by Crippen LogP contribution is -2.03. The fourth-order valence-corrected chi connectivity index (χ4v) is 4.23. The highest BCUT2D eigenvalue weighted by atomic mass is 35.7. The van der Waals surface area contributed by atoms with Crippen LogP contribution in [-0.4, -0.2) is 43.3 Å². The fourth-order valence-electron chi connectivity index (χ4n) is 3.13. The van der Waals surface area contributed by atoms with E-state index in [9.17, 15) is 18.0 Å². The van der Waals surface area contributed by atoms with Crippen LogP contribution in [0.1, 0.15) is 40.5 Å². The molecule has 0 atom stereocenters. The van der Waals surface area contributed by atoms with Crippen molar-refractivity contribution in [3.63, 3.8) is 0 Å². The van der Waals surface area contributed by atoms with Crippen molar-refractivity contribution in [2.24, 2.45) is 0 Å². The molecule has 1 heterocycles. The second-order valence-corrected chi connectivity index (χ2v) is 11.4. The molecule has 1 saturated heterocycles. The van der Waals surface area contributed by atoms with Crippen LogP contribution in [0, 0.1) is 0 Å². The van der Waals surface area contributed by atoms with Gasteiger partial charge in [0.25, 0.3) is 19.5 Å². The fraction of sp³-hybridized carbons (Fsp3) is 0.240. The van der Waals surface area contributed by atoms with Crippen LogP contribution in [0.2, 0.25) is 0 Å². The zero-order valence-electron chi connectivity index (χ0n) is 20.1. The summed E-state index contributed by atoms with van der Waals surface area (Å²) in [5, 5.41) is 3.82. The Morgan fingerprint density at radius 1 is 0.868 bits per heavy atom. The highest BCUT2D eigenvalue weighted by molar-refractivity contribution is 8.13. The van der Waals surface area contributed by atoms with Gasteiger partial charge in [0.15, 0.2) is 0 Å². The standard InChI is InChI=1S/C13H11ClO2.C7H4Cl2O3S.C4H9N.CCl2O/c1-2-16-11-8-7-9-5-3-4-6-10(9)12(11)13(14)15;8-7(10)5-2-1-3-6(4-5)13(9,11)12;1-2-4-5-3-1;2-1(3)4/h3-8H,2H2,1H3;1-4H;5H,1-4H2;. The van der Waals surface area contributed by atoms with Crippen LogP contribution in [0.15, 0.2) is 65.6 Å². The molecule has 13 heteroatoms. The predicted molar refractivity (Wildman–Crippen MR) is 154 cm³/mol. The lowest BCUT2D eigenvalue weighted by Gasteiger charge is -2.09. The van der Waals surface area contributed by atoms with Crippen molar-refractivity contribution in [1.82, 2.24) is 5.32 Å². The van der Waals surface area contributed by atoms with E-state index in [1.807, 2.05) is 37.3 Å². The molecule has 4 rings (SSSR count). The summed E-state index contributed by atoms with van der Waals surface area (Å²) in [5.41, 5.74) is 0.546. The van der Waals surface area contributed by atoms with E-state index in [0.717, 1.165) is 16.8 Å². The Balaban J connectivity index is 0.000000291. The maximum absolute atomic E-state index is 11.4. The molecule has 0 spiro atoms. The Labute approximate surface area is 245 Å². The topological polar surface area (TPSA) is 107 Å². The Morgan fingerprint density at radius 2 is 1.47 bits per heavy atom. The zero-order chi connectivity index (χ0) is 28.7. The van der Waals surface area contributed by atoms with Crippen LogP contribution < -0.4 is 10.1 Å². The number of fused-ring (bicyclic) bond motifs is 1. The third-order valence-corrected chi connectivity index (χ3v) is 6.45. The Hall–Kier alpha value is -1.91. The quantitative estimate of drug-likeness (QED) is 0.286. The molecule has 0 bridgehead atoms. The van der Waals surface area contributed by atoms with E-state index in [2.05, 4.69) is 28.5 Å². The van der Waals surface area contributed by atoms with Gasteiger partial charge in [-0.25, -0.2) is 8.42 Å². The van der Waals surface area contributed by atoms with Gasteiger partial charge in [-0.3, -0.25) is 14.4 Å². The first kappa shape index (κ1) is 34.1. The summed E-state index contributed by atoms with van der Waals surface area (Å²) in [5.74, 6) is 0.543. The van der Waals surface area contributed by atoms with Crippen LogP contribution in [0.4, 0.5) is 4.79 Å². The molecule has 38 heavy (non-hydrogen) atoms. The van der Waals surface area contributed by atoms with E-state index in [0.29, 0.717) is 17.9 Å². The first-order valence-corrected chi connectivity index (χ1v) is 14.8. The largest absolute Gasteiger partial charge is 0.493 e. The van der Waals surface area contributed by atoms with Crippen molar-refractivity contribution >= 4 is 92.1 Å². The summed E-state index contributed by atoms with van der Waals surface area (Å²) in [7, 11) is 1.26. The maximum atomic E-state index is 11.4. The molecule has 7 nitrogen and oxygen atoms in total. The van der Waals surface area contributed by atoms with Crippen LogP contribution in [0.25, 0.3) is 10.8 Å². The molecule has 3 aromatic carbocycles. The van der Waals surface area contributed by atoms with Gasteiger partial charge in [-0.1, -0.05) is 42.5 Å². The number of carbonyl (C=O) groups excluding carboxylic acids is 3. The number of rotatable bonds is 5. The molecule has 0 aliphatic carbocycles. The van der Waals surface area contributed by atoms with Gasteiger partial charge in [-0.2, -0.15) is 0 Å². The average molecular weight is 644 g/mol. The maximum Gasteiger partial charge on any atom is 0.313 e. The molecule has 0 unspecified atom stereocenters. The molecule has 0 aromatic heterocycles. The lowest BCUT2D eigenvalue weighted by molar-refractivity contribution is 0.107. The van der Waals surface area contributed by atoms with Crippen molar-refractivity contribution in [3.8, 4) is 5.75 Å². The molecular formula is C25H24Cl5NO6S. The monoisotopic (exact) mass is 641 g/mol. The SMILES string of the molecule is C1CCNC1.CCOc1ccc2ccccc2c1C(=O)Cl.O=C(Cl)Cl.O=C(Cl)c1cccc(S(=O)(=O)Cl)c1. The first-order valence-electron chi connectivity index (χ1n) is 11.0. The summed E-state index contributed by atoms with van der Waals surface area (Å²) in [6.07, 6.45) is 2.78. The van der Waals surface area contributed by atoms with E-state index < -0.39 is 24.2 Å². The molecule has 206 valence electrons. The van der Waals surface area contributed by atoms with Crippen LogP contribution >= 0.6 is 57.1 Å². The third-order valence-electron chi connectivity index (χ3n) is 4.69. The summed E-state index contributed by atoms with van der Waals surface area (Å²) >= 11 is 19.6. The molecule has 0 saturated carbocycles. The molecular weight excluding hydrogens is 620 g/mol. The van der Waals surface area contributed by atoms with E-state index >= 15 is 0 Å². The van der Waals surface area contributed by atoms with E-state index in [1.54, 1.807) is 6.07 Å². The minimum atomic E-state index is -3.80. The minimum Gasteiger partial charge on any atom is -0.493 e. The van der Waals surface area contributed by atoms with Crippen LogP contribution in [0.3, 0.4) is 0 Å². The number of carbonyl (C=O) groups is 3. The summed E-state index contributed by atoms with van der Waals surface area (Å²) < 4.78 is 26.1. The molecule has 0 amide bonds. The van der Waals surface area contributed by atoms with Gasteiger partial charge in [0, 0.05) is 16.2 Å². The number of benzene rings is 3. The second-order valence-electron chi connectivity index (χ2n) is 7.29. The van der Waals surface area contributed by atoms with Crippen molar-refractivity contribution in [1.29, 1.82) is 0 Å². The van der Waals surface area contributed by atoms with Gasteiger partial charge in [0.2, 0.25) is 0 Å². The van der Waals surface area contributed by atoms with Crippen LogP contribution in [-0.2, 0) is 9.05 Å². The van der Waals surface area contributed by atoms with Gasteiger partial charge in [-0.05, 0) is 108 Å². The van der Waals surface area contributed by atoms with E-state index in [-0.39, 0.29) is 10.5 Å². The number of hydrogen-bond acceptors (Lipinski definition) is 7. The van der Waals surface area contributed by atoms with Crippen LogP contribution in [0.5, 0.6) is 5.75 Å². The zero-order valence-corrected chi connectivity index (χ0v) is 24.7. The number of hydrogen-bond donors (Lipinski definition) is 1. The van der Waals surface area contributed by atoms with Gasteiger partial charge in [0.1, 0.15) is 5.75 Å². The molecule has 1 aliphatic heterocycles. The highest BCUT2D eigenvalue weighted by Gasteiger charge is 2.14. The molecule has 1 fully saturated rings.